The minimum atomic E-state index is -0.162. The van der Waals surface area contributed by atoms with Crippen molar-refractivity contribution >= 4 is 5.69 Å². The van der Waals surface area contributed by atoms with Gasteiger partial charge in [-0.25, -0.2) is 4.39 Å². The van der Waals surface area contributed by atoms with Gasteiger partial charge in [-0.15, -0.1) is 0 Å². The monoisotopic (exact) mass is 236 g/mol. The minimum Gasteiger partial charge on any atom is -0.385 e. The molecule has 17 heavy (non-hydrogen) atoms. The van der Waals surface area contributed by atoms with Crippen LogP contribution in [-0.4, -0.2) is 31.6 Å². The van der Waals surface area contributed by atoms with E-state index in [1.807, 2.05) is 13.0 Å². The van der Waals surface area contributed by atoms with Crippen LogP contribution in [-0.2, 0) is 0 Å². The molecule has 1 aliphatic heterocycles. The first kappa shape index (κ1) is 12.4. The number of aryl methyl sites for hydroxylation is 1. The number of benzene rings is 1. The molecule has 3 heteroatoms. The van der Waals surface area contributed by atoms with E-state index in [1.54, 1.807) is 6.07 Å². The van der Waals surface area contributed by atoms with Crippen LogP contribution in [0.1, 0.15) is 18.4 Å². The van der Waals surface area contributed by atoms with Gasteiger partial charge in [0.25, 0.3) is 0 Å². The molecule has 1 fully saturated rings. The number of likely N-dealkylation sites (tertiary alicyclic amines) is 1. The molecule has 0 bridgehead atoms. The summed E-state index contributed by atoms with van der Waals surface area (Å²) >= 11 is 0. The normalized spacial score (nSPS) is 21.5. The van der Waals surface area contributed by atoms with E-state index in [0.717, 1.165) is 24.3 Å². The zero-order valence-electron chi connectivity index (χ0n) is 10.7. The molecule has 1 saturated heterocycles. The van der Waals surface area contributed by atoms with Crippen LogP contribution >= 0.6 is 0 Å². The van der Waals surface area contributed by atoms with E-state index in [9.17, 15) is 4.39 Å². The first-order valence-electron chi connectivity index (χ1n) is 6.33. The Kier molecular flexibility index (Phi) is 4.00. The standard InChI is InChI=1S/C14H21FN2/c1-11-8-13(15)5-6-14(11)16-9-12-4-3-7-17(2)10-12/h5-6,8,12,16H,3-4,7,9-10H2,1-2H3. The average molecular weight is 236 g/mol. The zero-order chi connectivity index (χ0) is 12.3. The maximum Gasteiger partial charge on any atom is 0.123 e. The Morgan fingerprint density at radius 3 is 3.00 bits per heavy atom. The molecule has 0 aromatic heterocycles. The largest absolute Gasteiger partial charge is 0.385 e. The van der Waals surface area contributed by atoms with Gasteiger partial charge in [-0.2, -0.15) is 0 Å². The van der Waals surface area contributed by atoms with Crippen molar-refractivity contribution in [3.8, 4) is 0 Å². The lowest BCUT2D eigenvalue weighted by Crippen LogP contribution is -2.35. The van der Waals surface area contributed by atoms with Gasteiger partial charge in [-0.1, -0.05) is 0 Å². The Morgan fingerprint density at radius 2 is 2.29 bits per heavy atom. The Hall–Kier alpha value is -1.09. The summed E-state index contributed by atoms with van der Waals surface area (Å²) in [6.07, 6.45) is 2.57. The lowest BCUT2D eigenvalue weighted by molar-refractivity contribution is 0.217. The van der Waals surface area contributed by atoms with Crippen LogP contribution in [0.25, 0.3) is 0 Å². The molecule has 0 aliphatic carbocycles. The second kappa shape index (κ2) is 5.50. The third-order valence-electron chi connectivity index (χ3n) is 3.49. The van der Waals surface area contributed by atoms with Crippen LogP contribution in [0.4, 0.5) is 10.1 Å². The fraction of sp³-hybridized carbons (Fsp3) is 0.571. The summed E-state index contributed by atoms with van der Waals surface area (Å²) in [6.45, 7) is 5.30. The summed E-state index contributed by atoms with van der Waals surface area (Å²) in [4.78, 5) is 2.38. The number of piperidine rings is 1. The van der Waals surface area contributed by atoms with E-state index in [2.05, 4.69) is 17.3 Å². The summed E-state index contributed by atoms with van der Waals surface area (Å²) in [5, 5.41) is 3.44. The number of hydrogen-bond donors (Lipinski definition) is 1. The van der Waals surface area contributed by atoms with Gasteiger partial charge in [0.05, 0.1) is 0 Å². The number of nitrogens with one attached hydrogen (secondary N) is 1. The third-order valence-corrected chi connectivity index (χ3v) is 3.49. The molecule has 1 atom stereocenters. The molecule has 1 heterocycles. The number of anilines is 1. The maximum absolute atomic E-state index is 13.0. The van der Waals surface area contributed by atoms with E-state index in [1.165, 1.54) is 25.5 Å². The van der Waals surface area contributed by atoms with Crippen LogP contribution in [0.5, 0.6) is 0 Å². The molecule has 1 aliphatic rings. The SMILES string of the molecule is Cc1cc(F)ccc1NCC1CCCN(C)C1. The average Bonchev–Trinajstić information content (AvgIpc) is 2.28. The number of nitrogens with zero attached hydrogens (tertiary/aromatic N) is 1. The van der Waals surface area contributed by atoms with Crippen molar-refractivity contribution in [1.82, 2.24) is 4.90 Å². The van der Waals surface area contributed by atoms with Crippen molar-refractivity contribution in [1.29, 1.82) is 0 Å². The van der Waals surface area contributed by atoms with Gasteiger partial charge in [0.1, 0.15) is 5.82 Å². The van der Waals surface area contributed by atoms with Gasteiger partial charge in [0.15, 0.2) is 0 Å². The van der Waals surface area contributed by atoms with Crippen LogP contribution in [0.2, 0.25) is 0 Å². The van der Waals surface area contributed by atoms with Crippen molar-refractivity contribution < 1.29 is 4.39 Å². The molecule has 0 radical (unpaired) electrons. The van der Waals surface area contributed by atoms with Crippen molar-refractivity contribution in [3.05, 3.63) is 29.6 Å². The van der Waals surface area contributed by atoms with Crippen LogP contribution in [0, 0.1) is 18.7 Å². The van der Waals surface area contributed by atoms with E-state index in [4.69, 9.17) is 0 Å². The van der Waals surface area contributed by atoms with E-state index >= 15 is 0 Å². The highest BCUT2D eigenvalue weighted by Crippen LogP contribution is 2.19. The highest BCUT2D eigenvalue weighted by atomic mass is 19.1. The van der Waals surface area contributed by atoms with Crippen LogP contribution in [0.3, 0.4) is 0 Å². The topological polar surface area (TPSA) is 15.3 Å². The summed E-state index contributed by atoms with van der Waals surface area (Å²) in [5.41, 5.74) is 2.04. The molecule has 1 unspecified atom stereocenters. The molecule has 0 amide bonds. The van der Waals surface area contributed by atoms with E-state index in [-0.39, 0.29) is 5.82 Å². The van der Waals surface area contributed by atoms with Gasteiger partial charge >= 0.3 is 0 Å². The molecular formula is C14H21FN2. The lowest BCUT2D eigenvalue weighted by Gasteiger charge is -2.30. The number of halogens is 1. The van der Waals surface area contributed by atoms with Gasteiger partial charge in [0.2, 0.25) is 0 Å². The number of rotatable bonds is 3. The lowest BCUT2D eigenvalue weighted by atomic mass is 9.98. The van der Waals surface area contributed by atoms with Crippen molar-refractivity contribution in [3.63, 3.8) is 0 Å². The molecule has 1 aromatic rings. The Labute approximate surface area is 103 Å². The Bertz CT molecular complexity index is 378. The van der Waals surface area contributed by atoms with Crippen molar-refractivity contribution in [2.24, 2.45) is 5.92 Å². The summed E-state index contributed by atoms with van der Waals surface area (Å²) in [7, 11) is 2.18. The Morgan fingerprint density at radius 1 is 1.47 bits per heavy atom. The quantitative estimate of drug-likeness (QED) is 0.868. The fourth-order valence-electron chi connectivity index (χ4n) is 2.52. The second-order valence-corrected chi connectivity index (χ2v) is 5.11. The van der Waals surface area contributed by atoms with Crippen LogP contribution in [0.15, 0.2) is 18.2 Å². The number of hydrogen-bond acceptors (Lipinski definition) is 2. The van der Waals surface area contributed by atoms with Crippen molar-refractivity contribution in [2.75, 3.05) is 32.0 Å². The second-order valence-electron chi connectivity index (χ2n) is 5.11. The van der Waals surface area contributed by atoms with Gasteiger partial charge in [-0.3, -0.25) is 0 Å². The van der Waals surface area contributed by atoms with Gasteiger partial charge in [-0.05, 0) is 63.0 Å². The van der Waals surface area contributed by atoms with E-state index in [0.29, 0.717) is 5.92 Å². The summed E-state index contributed by atoms with van der Waals surface area (Å²) < 4.78 is 13.0. The first-order valence-corrected chi connectivity index (χ1v) is 6.33. The Balaban J connectivity index is 1.88. The molecule has 2 nitrogen and oxygen atoms in total. The fourth-order valence-corrected chi connectivity index (χ4v) is 2.52. The van der Waals surface area contributed by atoms with Crippen LogP contribution < -0.4 is 5.32 Å². The predicted molar refractivity (Wildman–Crippen MR) is 69.8 cm³/mol. The highest BCUT2D eigenvalue weighted by Gasteiger charge is 2.16. The van der Waals surface area contributed by atoms with Gasteiger partial charge in [0, 0.05) is 18.8 Å². The molecule has 0 spiro atoms. The summed E-state index contributed by atoms with van der Waals surface area (Å²) in [5.74, 6) is 0.545. The molecular weight excluding hydrogens is 215 g/mol. The summed E-state index contributed by atoms with van der Waals surface area (Å²) in [6, 6.07) is 4.93. The minimum absolute atomic E-state index is 0.162. The molecule has 0 saturated carbocycles. The van der Waals surface area contributed by atoms with E-state index < -0.39 is 0 Å². The molecule has 2 rings (SSSR count). The third kappa shape index (κ3) is 3.43. The molecule has 94 valence electrons. The molecule has 1 N–H and O–H groups in total. The molecule has 1 aromatic carbocycles. The van der Waals surface area contributed by atoms with Gasteiger partial charge < -0.3 is 10.2 Å². The first-order chi connectivity index (χ1) is 8.15. The van der Waals surface area contributed by atoms with Crippen molar-refractivity contribution in [2.45, 2.75) is 19.8 Å². The maximum atomic E-state index is 13.0. The highest BCUT2D eigenvalue weighted by molar-refractivity contribution is 5.50. The zero-order valence-corrected chi connectivity index (χ0v) is 10.7. The predicted octanol–water partition coefficient (Wildman–Crippen LogP) is 2.89. The smallest absolute Gasteiger partial charge is 0.123 e.